The van der Waals surface area contributed by atoms with Crippen LogP contribution in [0.5, 0.6) is 5.75 Å². The van der Waals surface area contributed by atoms with Gasteiger partial charge in [0.05, 0.1) is 29.5 Å². The molecular weight excluding hydrogens is 492 g/mol. The lowest BCUT2D eigenvalue weighted by molar-refractivity contribution is -0.702. The van der Waals surface area contributed by atoms with Gasteiger partial charge < -0.3 is 5.11 Å². The van der Waals surface area contributed by atoms with Crippen molar-refractivity contribution in [3.05, 3.63) is 48.3 Å². The number of hydrogen-bond acceptors (Lipinski definition) is 11. The fourth-order valence-electron chi connectivity index (χ4n) is 3.39. The SMILES string of the molecule is CCC(CCCCCCCCCOOOOO)OS(=O)(=O)c1ccc(O)c(N=Cc2ccccn2)c1. The van der Waals surface area contributed by atoms with Gasteiger partial charge in [-0.15, -0.1) is 0 Å². The Labute approximate surface area is 211 Å². The number of phenolic OH excluding ortho intramolecular Hbond substituents is 1. The van der Waals surface area contributed by atoms with E-state index < -0.39 is 16.2 Å². The van der Waals surface area contributed by atoms with Gasteiger partial charge >= 0.3 is 0 Å². The molecule has 0 bridgehead atoms. The van der Waals surface area contributed by atoms with Crippen molar-refractivity contribution in [3.63, 3.8) is 0 Å². The van der Waals surface area contributed by atoms with Gasteiger partial charge in [0, 0.05) is 6.20 Å². The molecule has 0 aliphatic carbocycles. The fourth-order valence-corrected chi connectivity index (χ4v) is 4.58. The molecule has 200 valence electrons. The molecular formula is C24H34N2O9S. The maximum atomic E-state index is 12.8. The Bertz CT molecular complexity index is 1000. The number of rotatable bonds is 19. The summed E-state index contributed by atoms with van der Waals surface area (Å²) >= 11 is 0. The van der Waals surface area contributed by atoms with Crippen molar-refractivity contribution in [1.82, 2.24) is 4.98 Å². The van der Waals surface area contributed by atoms with Gasteiger partial charge in [0.1, 0.15) is 11.4 Å². The highest BCUT2D eigenvalue weighted by atomic mass is 32.2. The Balaban J connectivity index is 1.75. The quantitative estimate of drug-likeness (QED) is 0.0799. The van der Waals surface area contributed by atoms with Crippen molar-refractivity contribution in [2.75, 3.05) is 6.61 Å². The summed E-state index contributed by atoms with van der Waals surface area (Å²) in [5.41, 5.74) is 0.695. The Kier molecular flexibility index (Phi) is 14.1. The number of pyridine rings is 1. The first-order valence-electron chi connectivity index (χ1n) is 11.9. The van der Waals surface area contributed by atoms with Crippen molar-refractivity contribution >= 4 is 22.0 Å². The lowest BCUT2D eigenvalue weighted by Crippen LogP contribution is -2.18. The smallest absolute Gasteiger partial charge is 0.297 e. The molecule has 0 radical (unpaired) electrons. The Hall–Kier alpha value is -2.45. The predicted molar refractivity (Wildman–Crippen MR) is 131 cm³/mol. The molecule has 0 fully saturated rings. The largest absolute Gasteiger partial charge is 0.506 e. The Morgan fingerprint density at radius 3 is 2.47 bits per heavy atom. The van der Waals surface area contributed by atoms with Gasteiger partial charge in [-0.2, -0.15) is 8.42 Å². The molecule has 12 heteroatoms. The van der Waals surface area contributed by atoms with Crippen LogP contribution in [0.4, 0.5) is 5.69 Å². The second-order valence-corrected chi connectivity index (χ2v) is 9.61. The maximum absolute atomic E-state index is 12.8. The van der Waals surface area contributed by atoms with Crippen LogP contribution in [-0.4, -0.2) is 42.7 Å². The minimum atomic E-state index is -4.01. The molecule has 0 saturated heterocycles. The summed E-state index contributed by atoms with van der Waals surface area (Å²) in [6.07, 6.45) is 10.6. The van der Waals surface area contributed by atoms with Crippen LogP contribution < -0.4 is 0 Å². The summed E-state index contributed by atoms with van der Waals surface area (Å²) in [4.78, 5) is 12.8. The third-order valence-corrected chi connectivity index (χ3v) is 6.69. The number of unbranched alkanes of at least 4 members (excludes halogenated alkanes) is 6. The topological polar surface area (TPSA) is 146 Å². The van der Waals surface area contributed by atoms with Crippen molar-refractivity contribution in [1.29, 1.82) is 0 Å². The van der Waals surface area contributed by atoms with Gasteiger partial charge in [0.15, 0.2) is 0 Å². The van der Waals surface area contributed by atoms with Crippen molar-refractivity contribution in [2.24, 2.45) is 4.99 Å². The number of aromatic nitrogens is 1. The molecule has 1 atom stereocenters. The monoisotopic (exact) mass is 526 g/mol. The minimum Gasteiger partial charge on any atom is -0.506 e. The molecule has 1 aromatic heterocycles. The number of hydrogen-bond donors (Lipinski definition) is 2. The average molecular weight is 527 g/mol. The standard InChI is InChI=1S/C24H34N2O9S/c1-2-21(13-8-6-4-3-5-7-11-17-31-34-35-33-28)32-36(29,30)22-14-15-24(27)23(18-22)26-19-20-12-9-10-16-25-20/h9-10,12,14-16,18-19,21,27-28H,2-8,11,13,17H2,1H3. The van der Waals surface area contributed by atoms with E-state index in [0.717, 1.165) is 44.9 Å². The van der Waals surface area contributed by atoms with Crippen LogP contribution >= 0.6 is 0 Å². The van der Waals surface area contributed by atoms with E-state index in [1.165, 1.54) is 24.4 Å². The molecule has 0 aliphatic rings. The van der Waals surface area contributed by atoms with Gasteiger partial charge in [-0.05, 0) is 64.7 Å². The first kappa shape index (κ1) is 29.8. The van der Waals surface area contributed by atoms with Gasteiger partial charge in [0.25, 0.3) is 10.1 Å². The third kappa shape index (κ3) is 11.5. The van der Waals surface area contributed by atoms with E-state index in [4.69, 9.17) is 9.44 Å². The van der Waals surface area contributed by atoms with E-state index in [-0.39, 0.29) is 16.3 Å². The molecule has 1 aromatic carbocycles. The minimum absolute atomic E-state index is 0.0586. The predicted octanol–water partition coefficient (Wildman–Crippen LogP) is 5.43. The van der Waals surface area contributed by atoms with Crippen molar-refractivity contribution < 1.29 is 43.0 Å². The molecule has 0 aliphatic heterocycles. The number of nitrogens with zero attached hydrogens (tertiary/aromatic N) is 2. The second-order valence-electron chi connectivity index (χ2n) is 8.04. The highest BCUT2D eigenvalue weighted by molar-refractivity contribution is 7.86. The maximum Gasteiger partial charge on any atom is 0.297 e. The van der Waals surface area contributed by atoms with Gasteiger partial charge in [0.2, 0.25) is 0 Å². The van der Waals surface area contributed by atoms with Crippen molar-refractivity contribution in [2.45, 2.75) is 75.7 Å². The Morgan fingerprint density at radius 1 is 1.03 bits per heavy atom. The number of benzene rings is 1. The summed E-state index contributed by atoms with van der Waals surface area (Å²) in [6.45, 7) is 2.22. The van der Waals surface area contributed by atoms with E-state index in [1.807, 2.05) is 6.92 Å². The summed E-state index contributed by atoms with van der Waals surface area (Å²) in [6, 6.07) is 9.21. The molecule has 36 heavy (non-hydrogen) atoms. The van der Waals surface area contributed by atoms with Gasteiger partial charge in [-0.25, -0.2) is 10.1 Å². The molecule has 2 rings (SSSR count). The molecule has 1 unspecified atom stereocenters. The summed E-state index contributed by atoms with van der Waals surface area (Å²) < 4.78 is 31.2. The van der Waals surface area contributed by atoms with Crippen LogP contribution in [0, 0.1) is 0 Å². The number of aliphatic imine (C=N–C) groups is 1. The molecule has 11 nitrogen and oxygen atoms in total. The molecule has 0 amide bonds. The van der Waals surface area contributed by atoms with Crippen LogP contribution in [0.1, 0.15) is 70.4 Å². The number of phenols is 1. The molecule has 2 N–H and O–H groups in total. The zero-order chi connectivity index (χ0) is 26.1. The van der Waals surface area contributed by atoms with Crippen LogP contribution in [0.15, 0.2) is 52.5 Å². The van der Waals surface area contributed by atoms with Gasteiger partial charge in [-0.1, -0.05) is 51.5 Å². The van der Waals surface area contributed by atoms with Crippen LogP contribution in [0.3, 0.4) is 0 Å². The lowest BCUT2D eigenvalue weighted by Gasteiger charge is -2.16. The summed E-state index contributed by atoms with van der Waals surface area (Å²) in [5, 5.41) is 28.9. The van der Waals surface area contributed by atoms with Crippen molar-refractivity contribution in [3.8, 4) is 5.75 Å². The van der Waals surface area contributed by atoms with E-state index in [2.05, 4.69) is 30.0 Å². The summed E-state index contributed by atoms with van der Waals surface area (Å²) in [7, 11) is -4.01. The highest BCUT2D eigenvalue weighted by Gasteiger charge is 2.22. The first-order valence-corrected chi connectivity index (χ1v) is 13.3. The third-order valence-electron chi connectivity index (χ3n) is 5.34. The van der Waals surface area contributed by atoms with Crippen LogP contribution in [0.2, 0.25) is 0 Å². The number of aromatic hydroxyl groups is 1. The molecule has 0 spiro atoms. The zero-order valence-corrected chi connectivity index (χ0v) is 21.1. The van der Waals surface area contributed by atoms with E-state index >= 15 is 0 Å². The highest BCUT2D eigenvalue weighted by Crippen LogP contribution is 2.30. The van der Waals surface area contributed by atoms with E-state index in [1.54, 1.807) is 24.4 Å². The molecule has 2 aromatic rings. The zero-order valence-electron chi connectivity index (χ0n) is 20.3. The Morgan fingerprint density at radius 2 is 1.78 bits per heavy atom. The fraction of sp³-hybridized carbons (Fsp3) is 0.500. The normalized spacial score (nSPS) is 12.8. The van der Waals surface area contributed by atoms with Gasteiger partial charge in [-0.3, -0.25) is 14.2 Å². The summed E-state index contributed by atoms with van der Waals surface area (Å²) in [5.74, 6) is -0.139. The molecule has 1 heterocycles. The first-order chi connectivity index (χ1) is 17.5. The van der Waals surface area contributed by atoms with Crippen LogP contribution in [0.25, 0.3) is 0 Å². The molecule has 0 saturated carbocycles. The second kappa shape index (κ2) is 17.1. The average Bonchev–Trinajstić information content (AvgIpc) is 2.88. The van der Waals surface area contributed by atoms with E-state index in [0.29, 0.717) is 25.1 Å². The van der Waals surface area contributed by atoms with Crippen LogP contribution in [-0.2, 0) is 34.3 Å². The lowest BCUT2D eigenvalue weighted by atomic mass is 10.1. The van der Waals surface area contributed by atoms with E-state index in [9.17, 15) is 13.5 Å².